The van der Waals surface area contributed by atoms with E-state index in [0.29, 0.717) is 11.1 Å². The molecule has 4 amide bonds. The van der Waals surface area contributed by atoms with Gasteiger partial charge in [-0.15, -0.1) is 0 Å². The van der Waals surface area contributed by atoms with Crippen molar-refractivity contribution in [1.82, 2.24) is 21.7 Å². The summed E-state index contributed by atoms with van der Waals surface area (Å²) in [5.74, 6) is -2.41. The first-order valence-electron chi connectivity index (χ1n) is 7.55. The van der Waals surface area contributed by atoms with Crippen LogP contribution in [0, 0.1) is 0 Å². The molecule has 0 bridgehead atoms. The van der Waals surface area contributed by atoms with Gasteiger partial charge in [-0.2, -0.15) is 0 Å². The molecule has 0 unspecified atom stereocenters. The molecule has 8 heteroatoms. The molecule has 0 aromatic heterocycles. The van der Waals surface area contributed by atoms with Gasteiger partial charge in [0.05, 0.1) is 0 Å². The molecule has 0 spiro atoms. The van der Waals surface area contributed by atoms with Gasteiger partial charge in [0, 0.05) is 23.3 Å². The summed E-state index contributed by atoms with van der Waals surface area (Å²) in [6, 6.07) is 16.6. The van der Waals surface area contributed by atoms with Gasteiger partial charge in [-0.3, -0.25) is 40.9 Å². The first-order chi connectivity index (χ1) is 12.6. The Morgan fingerprint density at radius 1 is 0.538 bits per heavy atom. The molecule has 2 aromatic carbocycles. The van der Waals surface area contributed by atoms with Gasteiger partial charge < -0.3 is 0 Å². The lowest BCUT2D eigenvalue weighted by molar-refractivity contribution is -0.119. The third kappa shape index (κ3) is 5.93. The van der Waals surface area contributed by atoms with E-state index in [1.807, 2.05) is 0 Å². The molecule has 0 atom stereocenters. The van der Waals surface area contributed by atoms with Crippen molar-refractivity contribution in [2.45, 2.75) is 0 Å². The second-order valence-corrected chi connectivity index (χ2v) is 4.95. The molecule has 0 fully saturated rings. The van der Waals surface area contributed by atoms with Gasteiger partial charge >= 0.3 is 0 Å². The van der Waals surface area contributed by atoms with Crippen molar-refractivity contribution in [3.8, 4) is 0 Å². The maximum atomic E-state index is 11.7. The fourth-order valence-corrected chi connectivity index (χ4v) is 1.79. The van der Waals surface area contributed by atoms with Crippen LogP contribution in [-0.4, -0.2) is 23.6 Å². The number of benzene rings is 2. The second kappa shape index (κ2) is 9.38. The lowest BCUT2D eigenvalue weighted by atomic mass is 10.2. The Labute approximate surface area is 149 Å². The molecule has 0 radical (unpaired) electrons. The molecule has 2 rings (SSSR count). The zero-order valence-electron chi connectivity index (χ0n) is 13.6. The van der Waals surface area contributed by atoms with Gasteiger partial charge in [0.15, 0.2) is 0 Å². The van der Waals surface area contributed by atoms with Crippen molar-refractivity contribution in [2.75, 3.05) is 0 Å². The van der Waals surface area contributed by atoms with Crippen LogP contribution in [0.3, 0.4) is 0 Å². The van der Waals surface area contributed by atoms with Crippen molar-refractivity contribution in [3.63, 3.8) is 0 Å². The maximum Gasteiger partial charge on any atom is 0.269 e. The summed E-state index contributed by atoms with van der Waals surface area (Å²) in [6.45, 7) is 0. The lowest BCUT2D eigenvalue weighted by Gasteiger charge is -2.06. The monoisotopic (exact) mass is 352 g/mol. The smallest absolute Gasteiger partial charge is 0.268 e. The van der Waals surface area contributed by atoms with Crippen molar-refractivity contribution in [2.24, 2.45) is 0 Å². The van der Waals surface area contributed by atoms with E-state index in [0.717, 1.165) is 12.2 Å². The number of hydrogen-bond donors (Lipinski definition) is 4. The fourth-order valence-electron chi connectivity index (χ4n) is 1.79. The molecule has 0 saturated heterocycles. The average Bonchev–Trinajstić information content (AvgIpc) is 2.69. The SMILES string of the molecule is O=C(/C=C/C(=O)NNC(=O)c1ccccc1)NNC(=O)c1ccccc1. The number of amides is 4. The number of hydrazine groups is 2. The Morgan fingerprint density at radius 3 is 1.23 bits per heavy atom. The summed E-state index contributed by atoms with van der Waals surface area (Å²) in [5.41, 5.74) is 9.42. The van der Waals surface area contributed by atoms with Crippen molar-refractivity contribution >= 4 is 23.6 Å². The standard InChI is InChI=1S/C18H16N4O4/c23-15(19-21-17(25)13-7-3-1-4-8-13)11-12-16(24)20-22-18(26)14-9-5-2-6-10-14/h1-12H,(H,19,23)(H,20,24)(H,21,25)(H,22,26)/b12-11+. The zero-order valence-corrected chi connectivity index (χ0v) is 13.6. The first-order valence-corrected chi connectivity index (χ1v) is 7.55. The molecule has 0 heterocycles. The molecule has 0 saturated carbocycles. The summed E-state index contributed by atoms with van der Waals surface area (Å²) in [6.07, 6.45) is 1.82. The number of nitrogens with one attached hydrogen (secondary N) is 4. The van der Waals surface area contributed by atoms with E-state index in [1.54, 1.807) is 60.7 Å². The largest absolute Gasteiger partial charge is 0.269 e. The highest BCUT2D eigenvalue weighted by molar-refractivity contribution is 6.00. The van der Waals surface area contributed by atoms with Gasteiger partial charge in [0.25, 0.3) is 23.6 Å². The maximum absolute atomic E-state index is 11.7. The quantitative estimate of drug-likeness (QED) is 0.473. The fraction of sp³-hybridized carbons (Fsp3) is 0. The normalized spacial score (nSPS) is 10.0. The third-order valence-electron chi connectivity index (χ3n) is 3.06. The average molecular weight is 352 g/mol. The Hall–Kier alpha value is -3.94. The first kappa shape index (κ1) is 18.4. The van der Waals surface area contributed by atoms with Crippen LogP contribution in [0.25, 0.3) is 0 Å². The third-order valence-corrected chi connectivity index (χ3v) is 3.06. The zero-order chi connectivity index (χ0) is 18.8. The highest BCUT2D eigenvalue weighted by Crippen LogP contribution is 1.97. The van der Waals surface area contributed by atoms with Crippen LogP contribution in [0.2, 0.25) is 0 Å². The molecule has 2 aromatic rings. The van der Waals surface area contributed by atoms with Gasteiger partial charge in [-0.1, -0.05) is 36.4 Å². The van der Waals surface area contributed by atoms with Gasteiger partial charge in [0.1, 0.15) is 0 Å². The Kier molecular flexibility index (Phi) is 6.64. The molecule has 132 valence electrons. The van der Waals surface area contributed by atoms with E-state index in [1.165, 1.54) is 0 Å². The number of carbonyl (C=O) groups is 4. The minimum Gasteiger partial charge on any atom is -0.268 e. The van der Waals surface area contributed by atoms with Crippen molar-refractivity contribution in [3.05, 3.63) is 83.9 Å². The van der Waals surface area contributed by atoms with E-state index in [-0.39, 0.29) is 0 Å². The van der Waals surface area contributed by atoms with E-state index < -0.39 is 23.6 Å². The summed E-state index contributed by atoms with van der Waals surface area (Å²) >= 11 is 0. The minimum absolute atomic E-state index is 0.373. The molecule has 0 aliphatic carbocycles. The molecule has 0 aliphatic rings. The van der Waals surface area contributed by atoms with E-state index in [2.05, 4.69) is 21.7 Å². The summed E-state index contributed by atoms with van der Waals surface area (Å²) in [5, 5.41) is 0. The number of carbonyl (C=O) groups excluding carboxylic acids is 4. The van der Waals surface area contributed by atoms with Crippen LogP contribution in [0.1, 0.15) is 20.7 Å². The van der Waals surface area contributed by atoms with Crippen LogP contribution in [0.4, 0.5) is 0 Å². The second-order valence-electron chi connectivity index (χ2n) is 4.95. The molecule has 8 nitrogen and oxygen atoms in total. The summed E-state index contributed by atoms with van der Waals surface area (Å²) in [7, 11) is 0. The van der Waals surface area contributed by atoms with Crippen molar-refractivity contribution in [1.29, 1.82) is 0 Å². The molecule has 4 N–H and O–H groups in total. The van der Waals surface area contributed by atoms with Crippen LogP contribution in [0.5, 0.6) is 0 Å². The van der Waals surface area contributed by atoms with Crippen LogP contribution in [-0.2, 0) is 9.59 Å². The van der Waals surface area contributed by atoms with Crippen LogP contribution < -0.4 is 21.7 Å². The summed E-state index contributed by atoms with van der Waals surface area (Å²) < 4.78 is 0. The highest BCUT2D eigenvalue weighted by atomic mass is 16.2. The van der Waals surface area contributed by atoms with Gasteiger partial charge in [0.2, 0.25) is 0 Å². The summed E-state index contributed by atoms with van der Waals surface area (Å²) in [4.78, 5) is 46.6. The van der Waals surface area contributed by atoms with E-state index in [4.69, 9.17) is 0 Å². The van der Waals surface area contributed by atoms with Gasteiger partial charge in [-0.05, 0) is 24.3 Å². The number of rotatable bonds is 4. The van der Waals surface area contributed by atoms with E-state index in [9.17, 15) is 19.2 Å². The Morgan fingerprint density at radius 2 is 0.885 bits per heavy atom. The molecular formula is C18H16N4O4. The highest BCUT2D eigenvalue weighted by Gasteiger charge is 2.06. The molecule has 0 aliphatic heterocycles. The van der Waals surface area contributed by atoms with Crippen LogP contribution in [0.15, 0.2) is 72.8 Å². The molecular weight excluding hydrogens is 336 g/mol. The molecule has 26 heavy (non-hydrogen) atoms. The Bertz CT molecular complexity index is 750. The minimum atomic E-state index is -0.709. The predicted molar refractivity (Wildman–Crippen MR) is 93.2 cm³/mol. The van der Waals surface area contributed by atoms with Gasteiger partial charge in [-0.25, -0.2) is 0 Å². The van der Waals surface area contributed by atoms with E-state index >= 15 is 0 Å². The number of hydrogen-bond acceptors (Lipinski definition) is 4. The topological polar surface area (TPSA) is 116 Å². The lowest BCUT2D eigenvalue weighted by Crippen LogP contribution is -2.42. The van der Waals surface area contributed by atoms with Crippen molar-refractivity contribution < 1.29 is 19.2 Å². The Balaban J connectivity index is 1.72. The predicted octanol–water partition coefficient (Wildman–Crippen LogP) is 0.465. The van der Waals surface area contributed by atoms with Crippen LogP contribution >= 0.6 is 0 Å².